The molecule has 1 aromatic heterocycles. The van der Waals surface area contributed by atoms with Crippen LogP contribution in [0.5, 0.6) is 0 Å². The third-order valence-electron chi connectivity index (χ3n) is 3.71. The van der Waals surface area contributed by atoms with Crippen molar-refractivity contribution in [1.29, 1.82) is 0 Å². The van der Waals surface area contributed by atoms with Crippen molar-refractivity contribution in [1.82, 2.24) is 20.6 Å². The number of hydrogen-bond donors (Lipinski definition) is 4. The Bertz CT molecular complexity index is 818. The quantitative estimate of drug-likeness (QED) is 0.466. The van der Waals surface area contributed by atoms with E-state index >= 15 is 0 Å². The molecular formula is C18H20N4O5. The van der Waals surface area contributed by atoms with Gasteiger partial charge in [0.05, 0.1) is 18.7 Å². The SMILES string of the molecule is C[C@H](NC(=O)c1cnc(Cc2ccccc2)[nH]1)C(=O)N[C@H](C=O)CC(=O)O. The van der Waals surface area contributed by atoms with Crippen molar-refractivity contribution in [3.05, 3.63) is 53.6 Å². The molecule has 0 unspecified atom stereocenters. The lowest BCUT2D eigenvalue weighted by atomic mass is 10.1. The van der Waals surface area contributed by atoms with E-state index in [0.29, 0.717) is 18.5 Å². The number of aromatic nitrogens is 2. The van der Waals surface area contributed by atoms with E-state index in [0.717, 1.165) is 5.56 Å². The fraction of sp³-hybridized carbons (Fsp3) is 0.278. The molecule has 0 aliphatic heterocycles. The molecule has 142 valence electrons. The molecule has 0 spiro atoms. The number of H-pyrrole nitrogens is 1. The standard InChI is InChI=1S/C18H20N4O5/c1-11(17(26)21-13(10-23)8-16(24)25)20-18(27)14-9-19-15(22-14)7-12-5-3-2-4-6-12/h2-6,9-11,13H,7-8H2,1H3,(H,19,22)(H,20,27)(H,21,26)(H,24,25)/t11-,13-/m0/s1. The highest BCUT2D eigenvalue weighted by Crippen LogP contribution is 2.06. The predicted molar refractivity (Wildman–Crippen MR) is 95.0 cm³/mol. The Balaban J connectivity index is 1.91. The van der Waals surface area contributed by atoms with Crippen molar-refractivity contribution >= 4 is 24.1 Å². The molecule has 9 nitrogen and oxygen atoms in total. The number of hydrogen-bond acceptors (Lipinski definition) is 5. The lowest BCUT2D eigenvalue weighted by Crippen LogP contribution is -2.49. The summed E-state index contributed by atoms with van der Waals surface area (Å²) in [6, 6.07) is 7.48. The second-order valence-corrected chi connectivity index (χ2v) is 5.95. The maximum Gasteiger partial charge on any atom is 0.305 e. The third kappa shape index (κ3) is 6.07. The van der Waals surface area contributed by atoms with Crippen LogP contribution in [-0.4, -0.2) is 51.2 Å². The van der Waals surface area contributed by atoms with E-state index in [2.05, 4.69) is 20.6 Å². The number of carbonyl (C=O) groups is 4. The van der Waals surface area contributed by atoms with Crippen LogP contribution in [0, 0.1) is 0 Å². The maximum absolute atomic E-state index is 12.2. The smallest absolute Gasteiger partial charge is 0.305 e. The highest BCUT2D eigenvalue weighted by molar-refractivity contribution is 5.96. The van der Waals surface area contributed by atoms with Crippen LogP contribution in [0.25, 0.3) is 0 Å². The van der Waals surface area contributed by atoms with Gasteiger partial charge in [-0.15, -0.1) is 0 Å². The Kier molecular flexibility index (Phi) is 6.81. The zero-order valence-electron chi connectivity index (χ0n) is 14.6. The maximum atomic E-state index is 12.2. The number of imidazole rings is 1. The number of amides is 2. The summed E-state index contributed by atoms with van der Waals surface area (Å²) in [5.41, 5.74) is 1.22. The predicted octanol–water partition coefficient (Wildman–Crippen LogP) is 0.277. The molecule has 0 saturated heterocycles. The van der Waals surface area contributed by atoms with Crippen molar-refractivity contribution in [2.45, 2.75) is 31.8 Å². The van der Waals surface area contributed by atoms with Crippen LogP contribution in [0.15, 0.2) is 36.5 Å². The summed E-state index contributed by atoms with van der Waals surface area (Å²) in [5, 5.41) is 13.4. The van der Waals surface area contributed by atoms with Crippen LogP contribution < -0.4 is 10.6 Å². The van der Waals surface area contributed by atoms with Crippen LogP contribution >= 0.6 is 0 Å². The van der Waals surface area contributed by atoms with Gasteiger partial charge >= 0.3 is 5.97 Å². The van der Waals surface area contributed by atoms with Crippen molar-refractivity contribution in [3.63, 3.8) is 0 Å². The van der Waals surface area contributed by atoms with E-state index in [1.807, 2.05) is 30.3 Å². The van der Waals surface area contributed by atoms with Gasteiger partial charge in [0.2, 0.25) is 5.91 Å². The molecule has 2 aromatic rings. The molecule has 27 heavy (non-hydrogen) atoms. The van der Waals surface area contributed by atoms with Crippen LogP contribution in [0.2, 0.25) is 0 Å². The highest BCUT2D eigenvalue weighted by atomic mass is 16.4. The second-order valence-electron chi connectivity index (χ2n) is 5.95. The molecule has 2 atom stereocenters. The number of carboxylic acid groups (broad SMARTS) is 1. The van der Waals surface area contributed by atoms with Crippen molar-refractivity contribution < 1.29 is 24.3 Å². The first-order valence-corrected chi connectivity index (χ1v) is 8.25. The van der Waals surface area contributed by atoms with Crippen LogP contribution in [0.3, 0.4) is 0 Å². The minimum atomic E-state index is -1.22. The van der Waals surface area contributed by atoms with Gasteiger partial charge in [-0.1, -0.05) is 30.3 Å². The number of aromatic amines is 1. The number of benzene rings is 1. The number of rotatable bonds is 9. The first-order chi connectivity index (χ1) is 12.9. The first-order valence-electron chi connectivity index (χ1n) is 8.25. The lowest BCUT2D eigenvalue weighted by Gasteiger charge is -2.16. The van der Waals surface area contributed by atoms with E-state index in [4.69, 9.17) is 5.11 Å². The third-order valence-corrected chi connectivity index (χ3v) is 3.71. The van der Waals surface area contributed by atoms with Crippen LogP contribution in [0.4, 0.5) is 0 Å². The average Bonchev–Trinajstić information content (AvgIpc) is 3.10. The Hall–Kier alpha value is -3.49. The van der Waals surface area contributed by atoms with Crippen molar-refractivity contribution in [2.24, 2.45) is 0 Å². The first kappa shape index (κ1) is 19.8. The number of carboxylic acids is 1. The Morgan fingerprint density at radius 1 is 1.22 bits per heavy atom. The molecule has 0 radical (unpaired) electrons. The van der Waals surface area contributed by atoms with Gasteiger partial charge < -0.3 is 25.5 Å². The van der Waals surface area contributed by atoms with E-state index in [-0.39, 0.29) is 5.69 Å². The van der Waals surface area contributed by atoms with Gasteiger partial charge in [-0.25, -0.2) is 4.98 Å². The molecule has 0 saturated carbocycles. The second kappa shape index (κ2) is 9.27. The normalized spacial score (nSPS) is 12.6. The molecule has 1 heterocycles. The highest BCUT2D eigenvalue weighted by Gasteiger charge is 2.22. The monoisotopic (exact) mass is 372 g/mol. The molecule has 2 rings (SSSR count). The molecule has 0 bridgehead atoms. The van der Waals surface area contributed by atoms with Gasteiger partial charge in [0.1, 0.15) is 23.8 Å². The van der Waals surface area contributed by atoms with Gasteiger partial charge in [0.15, 0.2) is 0 Å². The molecule has 2 amide bonds. The number of carbonyl (C=O) groups excluding carboxylic acids is 3. The molecule has 4 N–H and O–H groups in total. The Labute approximate surface area is 155 Å². The Morgan fingerprint density at radius 3 is 2.56 bits per heavy atom. The van der Waals surface area contributed by atoms with E-state index in [1.165, 1.54) is 13.1 Å². The number of aldehydes is 1. The molecule has 0 aliphatic carbocycles. The van der Waals surface area contributed by atoms with Crippen LogP contribution in [-0.2, 0) is 20.8 Å². The summed E-state index contributed by atoms with van der Waals surface area (Å²) >= 11 is 0. The minimum absolute atomic E-state index is 0.193. The van der Waals surface area contributed by atoms with Crippen molar-refractivity contribution in [3.8, 4) is 0 Å². The van der Waals surface area contributed by atoms with Crippen molar-refractivity contribution in [2.75, 3.05) is 0 Å². The summed E-state index contributed by atoms with van der Waals surface area (Å²) in [6.45, 7) is 1.43. The van der Waals surface area contributed by atoms with E-state index in [9.17, 15) is 19.2 Å². The van der Waals surface area contributed by atoms with Gasteiger partial charge in [0, 0.05) is 6.42 Å². The fourth-order valence-electron chi connectivity index (χ4n) is 2.33. The average molecular weight is 372 g/mol. The molecular weight excluding hydrogens is 352 g/mol. The summed E-state index contributed by atoms with van der Waals surface area (Å²) in [4.78, 5) is 52.7. The molecule has 9 heteroatoms. The number of aliphatic carboxylic acids is 1. The zero-order valence-corrected chi connectivity index (χ0v) is 14.6. The summed E-state index contributed by atoms with van der Waals surface area (Å²) < 4.78 is 0. The summed E-state index contributed by atoms with van der Waals surface area (Å²) in [5.74, 6) is -1.81. The van der Waals surface area contributed by atoms with Crippen LogP contribution in [0.1, 0.15) is 35.2 Å². The largest absolute Gasteiger partial charge is 0.481 e. The summed E-state index contributed by atoms with van der Waals surface area (Å²) in [6.07, 6.45) is 1.71. The van der Waals surface area contributed by atoms with E-state index in [1.54, 1.807) is 0 Å². The number of nitrogens with one attached hydrogen (secondary N) is 3. The molecule has 1 aromatic carbocycles. The topological polar surface area (TPSA) is 141 Å². The minimum Gasteiger partial charge on any atom is -0.481 e. The van der Waals surface area contributed by atoms with E-state index < -0.39 is 36.3 Å². The fourth-order valence-corrected chi connectivity index (χ4v) is 2.33. The van der Waals surface area contributed by atoms with Gasteiger partial charge in [0.25, 0.3) is 5.91 Å². The lowest BCUT2D eigenvalue weighted by molar-refractivity contribution is -0.138. The van der Waals surface area contributed by atoms with Gasteiger partial charge in [-0.05, 0) is 12.5 Å². The molecule has 0 fully saturated rings. The van der Waals surface area contributed by atoms with Gasteiger partial charge in [-0.2, -0.15) is 0 Å². The zero-order chi connectivity index (χ0) is 19.8. The summed E-state index contributed by atoms with van der Waals surface area (Å²) in [7, 11) is 0. The molecule has 0 aliphatic rings. The van der Waals surface area contributed by atoms with Gasteiger partial charge in [-0.3, -0.25) is 14.4 Å². The Morgan fingerprint density at radius 2 is 1.93 bits per heavy atom. The number of nitrogens with zero attached hydrogens (tertiary/aromatic N) is 1.